The van der Waals surface area contributed by atoms with Gasteiger partial charge in [-0.2, -0.15) is 0 Å². The second-order valence-corrected chi connectivity index (χ2v) is 6.84. The highest BCUT2D eigenvalue weighted by Gasteiger charge is 2.36. The summed E-state index contributed by atoms with van der Waals surface area (Å²) in [6, 6.07) is 0.0904. The van der Waals surface area contributed by atoms with E-state index in [1.807, 2.05) is 0 Å². The van der Waals surface area contributed by atoms with Crippen molar-refractivity contribution in [2.75, 3.05) is 19.6 Å². The number of hydrogen-bond acceptors (Lipinski definition) is 2. The average molecular weight is 266 g/mol. The summed E-state index contributed by atoms with van der Waals surface area (Å²) in [5.74, 6) is 0. The van der Waals surface area contributed by atoms with Gasteiger partial charge in [0.25, 0.3) is 0 Å². The molecular weight excluding hydrogens is 240 g/mol. The number of nitrogens with zero attached hydrogens (tertiary/aromatic N) is 2. The van der Waals surface area contributed by atoms with Gasteiger partial charge in [0.15, 0.2) is 0 Å². The molecule has 2 fully saturated rings. The van der Waals surface area contributed by atoms with Crippen LogP contribution in [0.2, 0.25) is 0 Å². The number of piperidine rings is 1. The van der Waals surface area contributed by atoms with Crippen molar-refractivity contribution in [2.24, 2.45) is 5.41 Å². The van der Waals surface area contributed by atoms with E-state index in [4.69, 9.17) is 0 Å². The van der Waals surface area contributed by atoms with Crippen molar-refractivity contribution in [3.05, 3.63) is 11.8 Å². The molecule has 0 aromatic rings. The van der Waals surface area contributed by atoms with Crippen molar-refractivity contribution >= 4 is 6.09 Å². The van der Waals surface area contributed by atoms with Crippen LogP contribution in [0.25, 0.3) is 0 Å². The largest absolute Gasteiger partial charge is 0.465 e. The lowest BCUT2D eigenvalue weighted by Gasteiger charge is -2.43. The summed E-state index contributed by atoms with van der Waals surface area (Å²) in [6.07, 6.45) is 5.86. The second-order valence-electron chi connectivity index (χ2n) is 6.84. The second kappa shape index (κ2) is 5.43. The predicted molar refractivity (Wildman–Crippen MR) is 76.1 cm³/mol. The van der Waals surface area contributed by atoms with Crippen molar-refractivity contribution in [3.63, 3.8) is 0 Å². The summed E-state index contributed by atoms with van der Waals surface area (Å²) in [5, 5.41) is 9.34. The van der Waals surface area contributed by atoms with Gasteiger partial charge >= 0.3 is 6.09 Å². The summed E-state index contributed by atoms with van der Waals surface area (Å²) < 4.78 is 0. The van der Waals surface area contributed by atoms with Gasteiger partial charge in [0.2, 0.25) is 0 Å². The molecule has 2 aliphatic heterocycles. The zero-order valence-corrected chi connectivity index (χ0v) is 12.4. The van der Waals surface area contributed by atoms with E-state index in [0.29, 0.717) is 6.54 Å². The minimum Gasteiger partial charge on any atom is -0.465 e. The number of rotatable bonds is 1. The van der Waals surface area contributed by atoms with Crippen LogP contribution in [0.15, 0.2) is 11.8 Å². The summed E-state index contributed by atoms with van der Waals surface area (Å²) in [6.45, 7) is 9.35. The van der Waals surface area contributed by atoms with Gasteiger partial charge in [-0.3, -0.25) is 0 Å². The smallest absolute Gasteiger partial charge is 0.407 e. The Morgan fingerprint density at radius 3 is 2.42 bits per heavy atom. The van der Waals surface area contributed by atoms with E-state index in [1.165, 1.54) is 18.4 Å². The summed E-state index contributed by atoms with van der Waals surface area (Å²) in [4.78, 5) is 15.4. The lowest BCUT2D eigenvalue weighted by molar-refractivity contribution is 0.0716. The minimum atomic E-state index is -0.778. The Balaban J connectivity index is 2.10. The topological polar surface area (TPSA) is 43.8 Å². The maximum absolute atomic E-state index is 11.4. The molecule has 0 aromatic heterocycles. The Morgan fingerprint density at radius 2 is 1.89 bits per heavy atom. The Kier molecular flexibility index (Phi) is 4.07. The molecule has 1 amide bonds. The van der Waals surface area contributed by atoms with Crippen LogP contribution in [0.3, 0.4) is 0 Å². The molecule has 0 aliphatic carbocycles. The quantitative estimate of drug-likeness (QED) is 0.793. The Labute approximate surface area is 116 Å². The van der Waals surface area contributed by atoms with Gasteiger partial charge in [-0.05, 0) is 37.3 Å². The third-order valence-electron chi connectivity index (χ3n) is 4.26. The van der Waals surface area contributed by atoms with Gasteiger partial charge in [0, 0.05) is 25.7 Å². The van der Waals surface area contributed by atoms with E-state index in [2.05, 4.69) is 31.9 Å². The van der Waals surface area contributed by atoms with Crippen molar-refractivity contribution in [1.82, 2.24) is 9.80 Å². The minimum absolute atomic E-state index is 0.0110. The van der Waals surface area contributed by atoms with Crippen LogP contribution in [-0.2, 0) is 0 Å². The van der Waals surface area contributed by atoms with E-state index < -0.39 is 6.09 Å². The zero-order chi connectivity index (χ0) is 14.0. The van der Waals surface area contributed by atoms with Crippen LogP contribution < -0.4 is 0 Å². The van der Waals surface area contributed by atoms with E-state index >= 15 is 0 Å². The van der Waals surface area contributed by atoms with Crippen molar-refractivity contribution in [1.29, 1.82) is 0 Å². The van der Waals surface area contributed by atoms with Gasteiger partial charge in [-0.15, -0.1) is 0 Å². The monoisotopic (exact) mass is 266 g/mol. The molecule has 2 rings (SSSR count). The molecule has 2 heterocycles. The first-order valence-corrected chi connectivity index (χ1v) is 7.31. The summed E-state index contributed by atoms with van der Waals surface area (Å²) in [5.41, 5.74) is 1.41. The predicted octanol–water partition coefficient (Wildman–Crippen LogP) is 3.15. The maximum Gasteiger partial charge on any atom is 0.407 e. The number of amides is 1. The normalized spacial score (nSPS) is 27.1. The Bertz CT molecular complexity index is 365. The summed E-state index contributed by atoms with van der Waals surface area (Å²) >= 11 is 0. The molecule has 19 heavy (non-hydrogen) atoms. The fourth-order valence-corrected chi connectivity index (χ4v) is 3.13. The van der Waals surface area contributed by atoms with Crippen LogP contribution >= 0.6 is 0 Å². The third-order valence-corrected chi connectivity index (χ3v) is 4.26. The highest BCUT2D eigenvalue weighted by Crippen LogP contribution is 2.34. The van der Waals surface area contributed by atoms with E-state index in [1.54, 1.807) is 4.90 Å². The standard InChI is InChI=1S/C15H26N2O2/c1-15(2,3)13-10-12(6-9-17(13)14(18)19)11-16-7-4-5-8-16/h11,13H,4-10H2,1-3H3,(H,18,19). The average Bonchev–Trinajstić information content (AvgIpc) is 2.80. The first kappa shape index (κ1) is 14.2. The molecule has 1 atom stereocenters. The Hall–Kier alpha value is -1.19. The molecule has 4 nitrogen and oxygen atoms in total. The molecule has 0 bridgehead atoms. The molecule has 2 saturated heterocycles. The molecule has 2 aliphatic rings. The maximum atomic E-state index is 11.4. The highest BCUT2D eigenvalue weighted by molar-refractivity contribution is 5.66. The van der Waals surface area contributed by atoms with E-state index in [9.17, 15) is 9.90 Å². The van der Waals surface area contributed by atoms with Crippen LogP contribution in [-0.4, -0.2) is 46.7 Å². The van der Waals surface area contributed by atoms with E-state index in [0.717, 1.165) is 25.9 Å². The van der Waals surface area contributed by atoms with Crippen molar-refractivity contribution < 1.29 is 9.90 Å². The molecule has 0 radical (unpaired) electrons. The molecule has 108 valence electrons. The van der Waals surface area contributed by atoms with Gasteiger partial charge < -0.3 is 14.9 Å². The lowest BCUT2D eigenvalue weighted by Crippen LogP contribution is -2.50. The molecular formula is C15H26N2O2. The van der Waals surface area contributed by atoms with Gasteiger partial charge in [0.1, 0.15) is 0 Å². The third kappa shape index (κ3) is 3.43. The van der Waals surface area contributed by atoms with Crippen LogP contribution in [0, 0.1) is 5.41 Å². The van der Waals surface area contributed by atoms with Crippen molar-refractivity contribution in [3.8, 4) is 0 Å². The van der Waals surface area contributed by atoms with Crippen LogP contribution in [0.1, 0.15) is 46.5 Å². The fourth-order valence-electron chi connectivity index (χ4n) is 3.13. The first-order chi connectivity index (χ1) is 8.88. The molecule has 4 heteroatoms. The van der Waals surface area contributed by atoms with Crippen LogP contribution in [0.5, 0.6) is 0 Å². The molecule has 0 spiro atoms. The Morgan fingerprint density at radius 1 is 1.26 bits per heavy atom. The number of likely N-dealkylation sites (tertiary alicyclic amines) is 2. The van der Waals surface area contributed by atoms with Gasteiger partial charge in [-0.1, -0.05) is 26.3 Å². The number of carbonyl (C=O) groups is 1. The van der Waals surface area contributed by atoms with Crippen molar-refractivity contribution in [2.45, 2.75) is 52.5 Å². The summed E-state index contributed by atoms with van der Waals surface area (Å²) in [7, 11) is 0. The molecule has 1 unspecified atom stereocenters. The van der Waals surface area contributed by atoms with Gasteiger partial charge in [-0.25, -0.2) is 4.79 Å². The highest BCUT2D eigenvalue weighted by atomic mass is 16.4. The lowest BCUT2D eigenvalue weighted by atomic mass is 9.79. The van der Waals surface area contributed by atoms with E-state index in [-0.39, 0.29) is 11.5 Å². The van der Waals surface area contributed by atoms with Crippen LogP contribution in [0.4, 0.5) is 4.79 Å². The molecule has 1 N–H and O–H groups in total. The number of hydrogen-bond donors (Lipinski definition) is 1. The number of carboxylic acid groups (broad SMARTS) is 1. The molecule has 0 saturated carbocycles. The fraction of sp³-hybridized carbons (Fsp3) is 0.800. The first-order valence-electron chi connectivity index (χ1n) is 7.31. The molecule has 0 aromatic carbocycles. The zero-order valence-electron chi connectivity index (χ0n) is 12.4. The van der Waals surface area contributed by atoms with Gasteiger partial charge in [0.05, 0.1) is 0 Å². The SMILES string of the molecule is CC(C)(C)C1CC(=CN2CCCC2)CCN1C(=O)O.